The zero-order chi connectivity index (χ0) is 21.0. The minimum Gasteiger partial charge on any atom is -0.497 e. The number of nitrogens with one attached hydrogen (secondary N) is 1. The quantitative estimate of drug-likeness (QED) is 0.331. The smallest absolute Gasteiger partial charge is 0.265 e. The van der Waals surface area contributed by atoms with Crippen LogP contribution in [0.3, 0.4) is 0 Å². The number of hydrogen-bond donors (Lipinski definition) is 1. The Hall–Kier alpha value is -4.26. The van der Waals surface area contributed by atoms with Crippen LogP contribution in [0.25, 0.3) is 22.1 Å². The molecule has 7 heteroatoms. The number of fused-ring (bicyclic) bond motifs is 3. The van der Waals surface area contributed by atoms with Gasteiger partial charge < -0.3 is 9.30 Å². The van der Waals surface area contributed by atoms with Crippen molar-refractivity contribution < 1.29 is 4.74 Å². The lowest BCUT2D eigenvalue weighted by Crippen LogP contribution is -2.04. The summed E-state index contributed by atoms with van der Waals surface area (Å²) in [7, 11) is 1.64. The van der Waals surface area contributed by atoms with E-state index in [0.29, 0.717) is 12.5 Å². The molecule has 0 saturated carbocycles. The first-order valence-electron chi connectivity index (χ1n) is 9.90. The number of benzene rings is 3. The predicted molar refractivity (Wildman–Crippen MR) is 123 cm³/mol. The molecule has 0 unspecified atom stereocenters. The average Bonchev–Trinajstić information content (AvgIpc) is 3.13. The van der Waals surface area contributed by atoms with Crippen LogP contribution in [0.15, 0.2) is 84.0 Å². The molecule has 7 nitrogen and oxygen atoms in total. The molecule has 5 aromatic rings. The van der Waals surface area contributed by atoms with Crippen molar-refractivity contribution in [2.75, 3.05) is 12.5 Å². The fraction of sp³-hybridized carbons (Fsp3) is 0.0833. The Kier molecular flexibility index (Phi) is 4.98. The number of ether oxygens (including phenoxy) is 1. The second-order valence-corrected chi connectivity index (χ2v) is 7.04. The highest BCUT2D eigenvalue weighted by Gasteiger charge is 2.14. The highest BCUT2D eigenvalue weighted by Crippen LogP contribution is 2.27. The van der Waals surface area contributed by atoms with E-state index in [1.165, 1.54) is 5.56 Å². The highest BCUT2D eigenvalue weighted by atomic mass is 16.5. The molecule has 0 aliphatic rings. The minimum absolute atomic E-state index is 0.342. The molecule has 0 aliphatic carbocycles. The number of para-hydroxylation sites is 1. The topological polar surface area (TPSA) is 77.2 Å². The summed E-state index contributed by atoms with van der Waals surface area (Å²) in [4.78, 5) is 4.71. The van der Waals surface area contributed by atoms with Crippen LogP contribution >= 0.6 is 0 Å². The number of hydrogen-bond acceptors (Lipinski definition) is 6. The second-order valence-electron chi connectivity index (χ2n) is 7.04. The summed E-state index contributed by atoms with van der Waals surface area (Å²) in [5.41, 5.74) is 7.62. The molecule has 0 fully saturated rings. The van der Waals surface area contributed by atoms with Gasteiger partial charge in [0.1, 0.15) is 11.3 Å². The van der Waals surface area contributed by atoms with Gasteiger partial charge in [0.2, 0.25) is 0 Å². The SMILES string of the molecule is COc1ccc(C=NNc2nnc3c4ccccc4n(Cc4ccccc4)c3n2)cc1. The van der Waals surface area contributed by atoms with E-state index in [1.54, 1.807) is 13.3 Å². The van der Waals surface area contributed by atoms with Crippen molar-refractivity contribution in [1.82, 2.24) is 19.7 Å². The molecule has 31 heavy (non-hydrogen) atoms. The monoisotopic (exact) mass is 408 g/mol. The Bertz CT molecular complexity index is 1360. The molecule has 2 heterocycles. The third-order valence-electron chi connectivity index (χ3n) is 5.05. The zero-order valence-corrected chi connectivity index (χ0v) is 16.9. The molecule has 5 rings (SSSR count). The third-order valence-corrected chi connectivity index (χ3v) is 5.05. The zero-order valence-electron chi connectivity index (χ0n) is 16.9. The van der Waals surface area contributed by atoms with Gasteiger partial charge in [-0.05, 0) is 41.5 Å². The van der Waals surface area contributed by atoms with Gasteiger partial charge in [-0.2, -0.15) is 10.1 Å². The Balaban J connectivity index is 1.48. The Labute approximate surface area is 179 Å². The van der Waals surface area contributed by atoms with Gasteiger partial charge in [0, 0.05) is 11.9 Å². The second kappa shape index (κ2) is 8.23. The van der Waals surface area contributed by atoms with Crippen molar-refractivity contribution in [3.8, 4) is 5.75 Å². The molecule has 0 spiro atoms. The summed E-state index contributed by atoms with van der Waals surface area (Å²) in [5.74, 6) is 1.14. The Morgan fingerprint density at radius 2 is 1.71 bits per heavy atom. The van der Waals surface area contributed by atoms with Gasteiger partial charge >= 0.3 is 0 Å². The van der Waals surface area contributed by atoms with E-state index in [-0.39, 0.29) is 0 Å². The lowest BCUT2D eigenvalue weighted by Gasteiger charge is -2.07. The number of nitrogens with zero attached hydrogens (tertiary/aromatic N) is 5. The molecular weight excluding hydrogens is 388 g/mol. The fourth-order valence-electron chi connectivity index (χ4n) is 3.53. The maximum absolute atomic E-state index is 5.17. The van der Waals surface area contributed by atoms with Gasteiger partial charge in [-0.3, -0.25) is 0 Å². The Morgan fingerprint density at radius 3 is 2.52 bits per heavy atom. The molecular formula is C24H20N6O. The van der Waals surface area contributed by atoms with E-state index in [0.717, 1.165) is 33.4 Å². The van der Waals surface area contributed by atoms with E-state index >= 15 is 0 Å². The summed E-state index contributed by atoms with van der Waals surface area (Å²) in [6, 6.07) is 26.1. The van der Waals surface area contributed by atoms with Crippen LogP contribution in [0.5, 0.6) is 5.75 Å². The summed E-state index contributed by atoms with van der Waals surface area (Å²) in [6.45, 7) is 0.693. The summed E-state index contributed by atoms with van der Waals surface area (Å²) in [6.07, 6.45) is 1.70. The van der Waals surface area contributed by atoms with Crippen LogP contribution in [-0.4, -0.2) is 33.1 Å². The van der Waals surface area contributed by atoms with Crippen LogP contribution in [0.2, 0.25) is 0 Å². The normalized spacial score (nSPS) is 11.4. The largest absolute Gasteiger partial charge is 0.497 e. The summed E-state index contributed by atoms with van der Waals surface area (Å²) >= 11 is 0. The van der Waals surface area contributed by atoms with Crippen LogP contribution in [-0.2, 0) is 6.54 Å². The fourth-order valence-corrected chi connectivity index (χ4v) is 3.53. The van der Waals surface area contributed by atoms with Crippen LogP contribution in [0, 0.1) is 0 Å². The van der Waals surface area contributed by atoms with Gasteiger partial charge in [0.25, 0.3) is 5.95 Å². The standard InChI is InChI=1S/C24H20N6O/c1-31-19-13-11-17(12-14-19)15-25-28-24-26-23-22(27-29-24)20-9-5-6-10-21(20)30(23)16-18-7-3-2-4-8-18/h2-15H,16H2,1H3,(H,26,28,29). The van der Waals surface area contributed by atoms with Crippen LogP contribution < -0.4 is 10.2 Å². The van der Waals surface area contributed by atoms with Crippen LogP contribution in [0.1, 0.15) is 11.1 Å². The summed E-state index contributed by atoms with van der Waals surface area (Å²) in [5, 5.41) is 13.9. The van der Waals surface area contributed by atoms with Gasteiger partial charge in [-0.1, -0.05) is 48.5 Å². The van der Waals surface area contributed by atoms with Crippen LogP contribution in [0.4, 0.5) is 5.95 Å². The van der Waals surface area contributed by atoms with Crippen molar-refractivity contribution in [2.24, 2.45) is 5.10 Å². The molecule has 152 valence electrons. The molecule has 0 aliphatic heterocycles. The van der Waals surface area contributed by atoms with Crippen molar-refractivity contribution >= 4 is 34.2 Å². The molecule has 0 amide bonds. The van der Waals surface area contributed by atoms with Gasteiger partial charge in [0.15, 0.2) is 5.65 Å². The molecule has 0 radical (unpaired) electrons. The van der Waals surface area contributed by atoms with E-state index in [9.17, 15) is 0 Å². The van der Waals surface area contributed by atoms with E-state index < -0.39 is 0 Å². The maximum atomic E-state index is 5.17. The average molecular weight is 408 g/mol. The lowest BCUT2D eigenvalue weighted by molar-refractivity contribution is 0.415. The third kappa shape index (κ3) is 3.81. The van der Waals surface area contributed by atoms with Crippen molar-refractivity contribution in [3.05, 3.63) is 90.0 Å². The van der Waals surface area contributed by atoms with Crippen molar-refractivity contribution in [2.45, 2.75) is 6.54 Å². The van der Waals surface area contributed by atoms with E-state index in [1.807, 2.05) is 60.7 Å². The first kappa shape index (κ1) is 18.7. The minimum atomic E-state index is 0.342. The Morgan fingerprint density at radius 1 is 0.935 bits per heavy atom. The van der Waals surface area contributed by atoms with E-state index in [4.69, 9.17) is 9.72 Å². The predicted octanol–water partition coefficient (Wildman–Crippen LogP) is 4.48. The van der Waals surface area contributed by atoms with Crippen molar-refractivity contribution in [3.63, 3.8) is 0 Å². The molecule has 3 aromatic carbocycles. The molecule has 1 N–H and O–H groups in total. The number of methoxy groups -OCH3 is 1. The number of aromatic nitrogens is 4. The molecule has 0 saturated heterocycles. The first-order chi connectivity index (χ1) is 15.3. The van der Waals surface area contributed by atoms with Gasteiger partial charge in [-0.15, -0.1) is 10.2 Å². The number of hydrazone groups is 1. The lowest BCUT2D eigenvalue weighted by atomic mass is 10.2. The first-order valence-corrected chi connectivity index (χ1v) is 9.90. The molecule has 0 atom stereocenters. The van der Waals surface area contributed by atoms with E-state index in [2.05, 4.69) is 43.5 Å². The number of anilines is 1. The summed E-state index contributed by atoms with van der Waals surface area (Å²) < 4.78 is 7.33. The van der Waals surface area contributed by atoms with Gasteiger partial charge in [-0.25, -0.2) is 5.43 Å². The molecule has 2 aromatic heterocycles. The molecule has 0 bridgehead atoms. The van der Waals surface area contributed by atoms with Crippen molar-refractivity contribution in [1.29, 1.82) is 0 Å². The number of rotatable bonds is 6. The van der Waals surface area contributed by atoms with Gasteiger partial charge in [0.05, 0.1) is 18.8 Å². The highest BCUT2D eigenvalue weighted by molar-refractivity contribution is 6.04. The maximum Gasteiger partial charge on any atom is 0.265 e.